The fraction of sp³-hybridized carbons (Fsp3) is 0.211. The van der Waals surface area contributed by atoms with Crippen molar-refractivity contribution in [1.82, 2.24) is 15.0 Å². The van der Waals surface area contributed by atoms with Gasteiger partial charge in [0.1, 0.15) is 12.1 Å². The van der Waals surface area contributed by atoms with Gasteiger partial charge in [0, 0.05) is 24.3 Å². The van der Waals surface area contributed by atoms with Crippen LogP contribution >= 0.6 is 0 Å². The molecule has 1 unspecified atom stereocenters. The van der Waals surface area contributed by atoms with Crippen LogP contribution in [0.1, 0.15) is 25.5 Å². The van der Waals surface area contributed by atoms with E-state index in [0.717, 1.165) is 17.5 Å². The number of aldehydes is 1. The van der Waals surface area contributed by atoms with Gasteiger partial charge < -0.3 is 0 Å². The predicted molar refractivity (Wildman–Crippen MR) is 93.6 cm³/mol. The number of carbonyl (C=O) groups excluding carboxylic acids is 1. The number of hydrazine groups is 1. The molecule has 0 saturated carbocycles. The quantitative estimate of drug-likeness (QED) is 0.615. The summed E-state index contributed by atoms with van der Waals surface area (Å²) in [5.41, 5.74) is 1.92. The molecule has 25 heavy (non-hydrogen) atoms. The summed E-state index contributed by atoms with van der Waals surface area (Å²) in [5, 5.41) is 3.77. The Morgan fingerprint density at radius 3 is 2.44 bits per heavy atom. The summed E-state index contributed by atoms with van der Waals surface area (Å²) in [5.74, 6) is 0.433. The summed E-state index contributed by atoms with van der Waals surface area (Å²) in [6.07, 6.45) is 9.27. The Hall–Kier alpha value is -3.02. The molecular formula is C19H19FN4O. The van der Waals surface area contributed by atoms with Crippen LogP contribution in [-0.4, -0.2) is 21.3 Å². The second kappa shape index (κ2) is 7.25. The third-order valence-corrected chi connectivity index (χ3v) is 3.95. The average Bonchev–Trinajstić information content (AvgIpc) is 3.01. The van der Waals surface area contributed by atoms with Gasteiger partial charge in [0.2, 0.25) is 5.95 Å². The van der Waals surface area contributed by atoms with Crippen molar-refractivity contribution in [3.05, 3.63) is 78.2 Å². The lowest BCUT2D eigenvalue weighted by Crippen LogP contribution is -2.37. The van der Waals surface area contributed by atoms with Gasteiger partial charge in [-0.1, -0.05) is 26.0 Å². The smallest absolute Gasteiger partial charge is 0.245 e. The monoisotopic (exact) mass is 338 g/mol. The van der Waals surface area contributed by atoms with Crippen LogP contribution < -0.4 is 5.01 Å². The molecule has 0 N–H and O–H groups in total. The molecule has 0 saturated heterocycles. The van der Waals surface area contributed by atoms with E-state index >= 15 is 0 Å². The zero-order valence-electron chi connectivity index (χ0n) is 14.1. The highest BCUT2D eigenvalue weighted by Gasteiger charge is 2.35. The molecule has 2 aromatic rings. The molecule has 128 valence electrons. The molecule has 1 aromatic heterocycles. The van der Waals surface area contributed by atoms with Crippen LogP contribution in [0.15, 0.2) is 66.8 Å². The molecule has 6 heteroatoms. The molecule has 2 heterocycles. The second-order valence-corrected chi connectivity index (χ2v) is 5.96. The van der Waals surface area contributed by atoms with E-state index in [-0.39, 0.29) is 17.8 Å². The van der Waals surface area contributed by atoms with Crippen LogP contribution in [0.25, 0.3) is 0 Å². The lowest BCUT2D eigenvalue weighted by atomic mass is 10.0. The van der Waals surface area contributed by atoms with E-state index < -0.39 is 0 Å². The minimum atomic E-state index is -0.282. The van der Waals surface area contributed by atoms with Gasteiger partial charge in [0.15, 0.2) is 0 Å². The fourth-order valence-electron chi connectivity index (χ4n) is 2.83. The number of rotatable bonds is 5. The first kappa shape index (κ1) is 16.8. The molecule has 1 aliphatic rings. The SMILES string of the molecule is CC(C)C1=CC(c2ccc(F)cc2)N(c2ncccn2)N1C=CC=O. The summed E-state index contributed by atoms with van der Waals surface area (Å²) in [6.45, 7) is 4.15. The molecular weight excluding hydrogens is 319 g/mol. The van der Waals surface area contributed by atoms with Crippen molar-refractivity contribution in [1.29, 1.82) is 0 Å². The van der Waals surface area contributed by atoms with E-state index in [4.69, 9.17) is 0 Å². The van der Waals surface area contributed by atoms with Crippen molar-refractivity contribution in [2.45, 2.75) is 19.9 Å². The van der Waals surface area contributed by atoms with Crippen molar-refractivity contribution in [3.63, 3.8) is 0 Å². The minimum absolute atomic E-state index is 0.197. The number of allylic oxidation sites excluding steroid dienone is 2. The van der Waals surface area contributed by atoms with Gasteiger partial charge in [0.25, 0.3) is 0 Å². The molecule has 0 radical (unpaired) electrons. The van der Waals surface area contributed by atoms with Crippen molar-refractivity contribution < 1.29 is 9.18 Å². The van der Waals surface area contributed by atoms with Gasteiger partial charge in [-0.2, -0.15) is 0 Å². The van der Waals surface area contributed by atoms with E-state index in [9.17, 15) is 9.18 Å². The fourth-order valence-corrected chi connectivity index (χ4v) is 2.83. The Bertz CT molecular complexity index is 787. The average molecular weight is 338 g/mol. The molecule has 1 atom stereocenters. The van der Waals surface area contributed by atoms with Crippen LogP contribution in [0.5, 0.6) is 0 Å². The number of aromatic nitrogens is 2. The zero-order chi connectivity index (χ0) is 17.8. The Morgan fingerprint density at radius 2 is 1.84 bits per heavy atom. The van der Waals surface area contributed by atoms with Gasteiger partial charge >= 0.3 is 0 Å². The molecule has 0 amide bonds. The Kier molecular flexibility index (Phi) is 4.88. The molecule has 0 spiro atoms. The van der Waals surface area contributed by atoms with Gasteiger partial charge in [0.05, 0.1) is 6.04 Å². The zero-order valence-corrected chi connectivity index (χ0v) is 14.1. The summed E-state index contributed by atoms with van der Waals surface area (Å²) in [7, 11) is 0. The first-order valence-corrected chi connectivity index (χ1v) is 8.06. The molecule has 5 nitrogen and oxygen atoms in total. The van der Waals surface area contributed by atoms with Crippen LogP contribution in [0.2, 0.25) is 0 Å². The van der Waals surface area contributed by atoms with Crippen molar-refractivity contribution in [3.8, 4) is 0 Å². The number of halogens is 1. The topological polar surface area (TPSA) is 49.3 Å². The molecule has 0 aliphatic carbocycles. The first-order chi connectivity index (χ1) is 12.1. The molecule has 0 bridgehead atoms. The van der Waals surface area contributed by atoms with Crippen LogP contribution in [0, 0.1) is 11.7 Å². The van der Waals surface area contributed by atoms with Crippen LogP contribution in [0.3, 0.4) is 0 Å². The summed E-state index contributed by atoms with van der Waals surface area (Å²) < 4.78 is 13.3. The predicted octanol–water partition coefficient (Wildman–Crippen LogP) is 3.65. The maximum Gasteiger partial charge on any atom is 0.245 e. The Labute approximate surface area is 146 Å². The van der Waals surface area contributed by atoms with E-state index in [1.165, 1.54) is 18.2 Å². The third kappa shape index (κ3) is 3.42. The van der Waals surface area contributed by atoms with Crippen molar-refractivity contribution >= 4 is 12.2 Å². The number of carbonyl (C=O) groups is 1. The second-order valence-electron chi connectivity index (χ2n) is 5.96. The number of hydrogen-bond donors (Lipinski definition) is 0. The van der Waals surface area contributed by atoms with Crippen LogP contribution in [0.4, 0.5) is 10.3 Å². The lowest BCUT2D eigenvalue weighted by molar-refractivity contribution is -0.104. The maximum absolute atomic E-state index is 13.3. The van der Waals surface area contributed by atoms with Crippen LogP contribution in [-0.2, 0) is 4.79 Å². The van der Waals surface area contributed by atoms with E-state index in [1.807, 2.05) is 10.0 Å². The highest BCUT2D eigenvalue weighted by molar-refractivity contribution is 5.64. The van der Waals surface area contributed by atoms with Gasteiger partial charge in [-0.25, -0.2) is 19.4 Å². The van der Waals surface area contributed by atoms with E-state index in [1.54, 1.807) is 36.8 Å². The van der Waals surface area contributed by atoms with E-state index in [2.05, 4.69) is 29.9 Å². The summed E-state index contributed by atoms with van der Waals surface area (Å²) in [4.78, 5) is 19.5. The van der Waals surface area contributed by atoms with E-state index in [0.29, 0.717) is 5.95 Å². The summed E-state index contributed by atoms with van der Waals surface area (Å²) >= 11 is 0. The largest absolute Gasteiger partial charge is 0.299 e. The normalized spacial score (nSPS) is 17.4. The molecule has 3 rings (SSSR count). The van der Waals surface area contributed by atoms with Gasteiger partial charge in [-0.15, -0.1) is 0 Å². The molecule has 0 fully saturated rings. The number of nitrogens with zero attached hydrogens (tertiary/aromatic N) is 4. The first-order valence-electron chi connectivity index (χ1n) is 8.06. The third-order valence-electron chi connectivity index (χ3n) is 3.95. The summed E-state index contributed by atoms with van der Waals surface area (Å²) in [6, 6.07) is 7.92. The molecule has 1 aromatic carbocycles. The van der Waals surface area contributed by atoms with Crippen molar-refractivity contribution in [2.24, 2.45) is 5.92 Å². The Balaban J connectivity index is 2.10. The van der Waals surface area contributed by atoms with Gasteiger partial charge in [-0.05, 0) is 41.8 Å². The van der Waals surface area contributed by atoms with Crippen molar-refractivity contribution in [2.75, 3.05) is 5.01 Å². The minimum Gasteiger partial charge on any atom is -0.299 e. The molecule has 1 aliphatic heterocycles. The number of anilines is 1. The standard InChI is InChI=1S/C19H19FN4O/c1-14(2)17-13-18(15-5-7-16(20)8-6-15)24(23(17)11-4-12-25)19-21-9-3-10-22-19/h3-14,18H,1-2H3. The Morgan fingerprint density at radius 1 is 1.16 bits per heavy atom. The highest BCUT2D eigenvalue weighted by atomic mass is 19.1. The number of benzene rings is 1. The highest BCUT2D eigenvalue weighted by Crippen LogP contribution is 2.38. The number of hydrogen-bond acceptors (Lipinski definition) is 5. The van der Waals surface area contributed by atoms with Gasteiger partial charge in [-0.3, -0.25) is 9.80 Å². The maximum atomic E-state index is 13.3. The lowest BCUT2D eigenvalue weighted by Gasteiger charge is -2.34.